The highest BCUT2D eigenvalue weighted by atomic mass is 16.5. The molecule has 9 nitrogen and oxygen atoms in total. The number of nitrogens with one attached hydrogen (secondary N) is 1. The van der Waals surface area contributed by atoms with Crippen molar-refractivity contribution in [1.29, 1.82) is 0 Å². The number of hydrogen-bond acceptors (Lipinski definition) is 8. The van der Waals surface area contributed by atoms with Crippen LogP contribution in [0.1, 0.15) is 18.4 Å². The van der Waals surface area contributed by atoms with Gasteiger partial charge in [-0.1, -0.05) is 30.3 Å². The first kappa shape index (κ1) is 19.1. The zero-order valence-corrected chi connectivity index (χ0v) is 17.8. The van der Waals surface area contributed by atoms with Crippen molar-refractivity contribution in [1.82, 2.24) is 29.5 Å². The van der Waals surface area contributed by atoms with Gasteiger partial charge < -0.3 is 19.5 Å². The second kappa shape index (κ2) is 7.83. The summed E-state index contributed by atoms with van der Waals surface area (Å²) >= 11 is 0. The number of morpholine rings is 1. The number of anilines is 2. The summed E-state index contributed by atoms with van der Waals surface area (Å²) in [6, 6.07) is 10.3. The molecule has 0 saturated carbocycles. The molecule has 162 valence electrons. The topological polar surface area (TPSA) is 93.9 Å². The monoisotopic (exact) mass is 428 g/mol. The van der Waals surface area contributed by atoms with Gasteiger partial charge in [0.15, 0.2) is 5.65 Å². The normalized spacial score (nSPS) is 20.1. The lowest BCUT2D eigenvalue weighted by atomic mass is 10.2. The van der Waals surface area contributed by atoms with E-state index in [4.69, 9.17) is 14.7 Å². The predicted molar refractivity (Wildman–Crippen MR) is 122 cm³/mol. The van der Waals surface area contributed by atoms with Crippen molar-refractivity contribution in [3.8, 4) is 11.4 Å². The summed E-state index contributed by atoms with van der Waals surface area (Å²) in [5, 5.41) is 3.01. The number of benzene rings is 1. The van der Waals surface area contributed by atoms with E-state index >= 15 is 0 Å². The minimum Gasteiger partial charge on any atom is -0.372 e. The molecular weight excluding hydrogens is 404 g/mol. The molecular formula is C23H24N8O. The fourth-order valence-electron chi connectivity index (χ4n) is 4.51. The van der Waals surface area contributed by atoms with Crippen molar-refractivity contribution in [3.05, 3.63) is 54.6 Å². The Morgan fingerprint density at radius 1 is 1.00 bits per heavy atom. The summed E-state index contributed by atoms with van der Waals surface area (Å²) in [6.45, 7) is 2.29. The Balaban J connectivity index is 1.47. The zero-order valence-electron chi connectivity index (χ0n) is 17.8. The van der Waals surface area contributed by atoms with E-state index in [0.717, 1.165) is 37.1 Å². The molecule has 1 aromatic carbocycles. The average molecular weight is 429 g/mol. The Hall–Kier alpha value is -3.59. The maximum Gasteiger partial charge on any atom is 0.228 e. The van der Waals surface area contributed by atoms with E-state index in [-0.39, 0.29) is 12.2 Å². The number of rotatable bonds is 5. The molecule has 3 aromatic heterocycles. The Morgan fingerprint density at radius 3 is 2.53 bits per heavy atom. The first-order valence-electron chi connectivity index (χ1n) is 10.9. The van der Waals surface area contributed by atoms with Crippen molar-refractivity contribution in [2.45, 2.75) is 31.6 Å². The molecule has 0 aliphatic carbocycles. The van der Waals surface area contributed by atoms with Gasteiger partial charge in [0.25, 0.3) is 0 Å². The zero-order chi connectivity index (χ0) is 21.5. The SMILES string of the molecule is CNc1cnc(-c2nc(N3CC4CCC(C3)O4)nc3c2ncn3Cc2ccccc2)cn1. The summed E-state index contributed by atoms with van der Waals surface area (Å²) in [5.41, 5.74) is 4.10. The van der Waals surface area contributed by atoms with Crippen LogP contribution < -0.4 is 10.2 Å². The van der Waals surface area contributed by atoms with Gasteiger partial charge in [-0.25, -0.2) is 19.9 Å². The third-order valence-corrected chi connectivity index (χ3v) is 6.12. The van der Waals surface area contributed by atoms with Crippen LogP contribution in [0.25, 0.3) is 22.6 Å². The average Bonchev–Trinajstić information content (AvgIpc) is 3.41. The number of hydrogen-bond donors (Lipinski definition) is 1. The molecule has 0 spiro atoms. The largest absolute Gasteiger partial charge is 0.372 e. The van der Waals surface area contributed by atoms with Crippen LogP contribution in [-0.4, -0.2) is 61.8 Å². The Morgan fingerprint density at radius 2 is 1.81 bits per heavy atom. The van der Waals surface area contributed by atoms with Gasteiger partial charge in [0.2, 0.25) is 5.95 Å². The lowest BCUT2D eigenvalue weighted by Crippen LogP contribution is -2.43. The second-order valence-corrected chi connectivity index (χ2v) is 8.30. The highest BCUT2D eigenvalue weighted by Crippen LogP contribution is 2.31. The standard InChI is InChI=1S/C23H24N8O/c1-24-19-10-25-18(9-26-19)20-21-22(31(14-27-21)11-15-5-3-2-4-6-15)29-23(28-20)30-12-16-7-8-17(13-30)32-16/h2-6,9-10,14,16-17H,7-8,11-13H2,1H3,(H,24,26). The van der Waals surface area contributed by atoms with Crippen LogP contribution in [0.4, 0.5) is 11.8 Å². The fourth-order valence-corrected chi connectivity index (χ4v) is 4.51. The summed E-state index contributed by atoms with van der Waals surface area (Å²) in [6.07, 6.45) is 7.96. The molecule has 2 bridgehead atoms. The van der Waals surface area contributed by atoms with Gasteiger partial charge in [-0.3, -0.25) is 0 Å². The number of aromatic nitrogens is 6. The molecule has 2 atom stereocenters. The summed E-state index contributed by atoms with van der Waals surface area (Å²) in [4.78, 5) is 25.8. The Kier molecular flexibility index (Phi) is 4.68. The Labute approximate surface area is 185 Å². The second-order valence-electron chi connectivity index (χ2n) is 8.30. The number of nitrogens with zero attached hydrogens (tertiary/aromatic N) is 7. The first-order chi connectivity index (χ1) is 15.8. The molecule has 9 heteroatoms. The van der Waals surface area contributed by atoms with Crippen LogP contribution >= 0.6 is 0 Å². The Bertz CT molecular complexity index is 1230. The summed E-state index contributed by atoms with van der Waals surface area (Å²) < 4.78 is 8.09. The van der Waals surface area contributed by atoms with E-state index < -0.39 is 0 Å². The molecule has 5 heterocycles. The van der Waals surface area contributed by atoms with E-state index in [1.54, 1.807) is 12.4 Å². The first-order valence-corrected chi connectivity index (χ1v) is 10.9. The van der Waals surface area contributed by atoms with Gasteiger partial charge >= 0.3 is 0 Å². The lowest BCUT2D eigenvalue weighted by Gasteiger charge is -2.32. The van der Waals surface area contributed by atoms with Crippen molar-refractivity contribution in [3.63, 3.8) is 0 Å². The van der Waals surface area contributed by atoms with Crippen molar-refractivity contribution < 1.29 is 4.74 Å². The molecule has 32 heavy (non-hydrogen) atoms. The van der Waals surface area contributed by atoms with Crippen molar-refractivity contribution in [2.24, 2.45) is 0 Å². The van der Waals surface area contributed by atoms with Gasteiger partial charge in [-0.2, -0.15) is 4.98 Å². The highest BCUT2D eigenvalue weighted by Gasteiger charge is 2.35. The number of fused-ring (bicyclic) bond motifs is 3. The van der Waals surface area contributed by atoms with Crippen LogP contribution in [0.5, 0.6) is 0 Å². The van der Waals surface area contributed by atoms with Crippen LogP contribution in [0.15, 0.2) is 49.1 Å². The van der Waals surface area contributed by atoms with Gasteiger partial charge in [0.05, 0.1) is 37.5 Å². The minimum atomic E-state index is 0.250. The summed E-state index contributed by atoms with van der Waals surface area (Å²) in [7, 11) is 1.82. The van der Waals surface area contributed by atoms with Gasteiger partial charge in [0, 0.05) is 20.1 Å². The van der Waals surface area contributed by atoms with Gasteiger partial charge in [0.1, 0.15) is 22.7 Å². The molecule has 4 aromatic rings. The van der Waals surface area contributed by atoms with E-state index in [1.165, 1.54) is 5.56 Å². The smallest absolute Gasteiger partial charge is 0.228 e. The quantitative estimate of drug-likeness (QED) is 0.519. The fraction of sp³-hybridized carbons (Fsp3) is 0.348. The maximum absolute atomic E-state index is 6.02. The summed E-state index contributed by atoms with van der Waals surface area (Å²) in [5.74, 6) is 1.40. The van der Waals surface area contributed by atoms with E-state index in [2.05, 4.69) is 41.9 Å². The van der Waals surface area contributed by atoms with Crippen LogP contribution in [0.3, 0.4) is 0 Å². The minimum absolute atomic E-state index is 0.250. The molecule has 2 aliphatic heterocycles. The molecule has 6 rings (SSSR count). The van der Waals surface area contributed by atoms with Gasteiger partial charge in [-0.15, -0.1) is 0 Å². The third-order valence-electron chi connectivity index (χ3n) is 6.12. The number of imidazole rings is 1. The van der Waals surface area contributed by atoms with E-state index in [9.17, 15) is 0 Å². The molecule has 2 aliphatic rings. The number of ether oxygens (including phenoxy) is 1. The highest BCUT2D eigenvalue weighted by molar-refractivity contribution is 5.87. The predicted octanol–water partition coefficient (Wildman–Crippen LogP) is 2.74. The molecule has 2 unspecified atom stereocenters. The van der Waals surface area contributed by atoms with Crippen molar-refractivity contribution in [2.75, 3.05) is 30.4 Å². The molecule has 0 amide bonds. The van der Waals surface area contributed by atoms with Crippen molar-refractivity contribution >= 4 is 22.9 Å². The molecule has 0 radical (unpaired) electrons. The molecule has 2 saturated heterocycles. The lowest BCUT2D eigenvalue weighted by molar-refractivity contribution is 0.0299. The van der Waals surface area contributed by atoms with E-state index in [0.29, 0.717) is 29.7 Å². The maximum atomic E-state index is 6.02. The van der Waals surface area contributed by atoms with Gasteiger partial charge in [-0.05, 0) is 18.4 Å². The van der Waals surface area contributed by atoms with Crippen LogP contribution in [0.2, 0.25) is 0 Å². The molecule has 1 N–H and O–H groups in total. The van der Waals surface area contributed by atoms with Crippen LogP contribution in [-0.2, 0) is 11.3 Å². The third kappa shape index (κ3) is 3.44. The van der Waals surface area contributed by atoms with Crippen LogP contribution in [0, 0.1) is 0 Å². The van der Waals surface area contributed by atoms with E-state index in [1.807, 2.05) is 31.6 Å². The molecule has 2 fully saturated rings.